The topological polar surface area (TPSA) is 15.3 Å². The van der Waals surface area contributed by atoms with Crippen molar-refractivity contribution in [1.29, 1.82) is 0 Å². The third kappa shape index (κ3) is 4.55. The van der Waals surface area contributed by atoms with Gasteiger partial charge in [0.2, 0.25) is 0 Å². The lowest BCUT2D eigenvalue weighted by atomic mass is 9.91. The minimum absolute atomic E-state index is 0.237. The van der Waals surface area contributed by atoms with Crippen molar-refractivity contribution in [2.24, 2.45) is 5.92 Å². The number of piperazine rings is 1. The van der Waals surface area contributed by atoms with E-state index in [0.29, 0.717) is 17.9 Å². The predicted octanol–water partition coefficient (Wildman–Crippen LogP) is 3.89. The molecule has 2 atom stereocenters. The molecule has 2 nitrogen and oxygen atoms in total. The Labute approximate surface area is 130 Å². The van der Waals surface area contributed by atoms with Crippen LogP contribution >= 0.6 is 0 Å². The highest BCUT2D eigenvalue weighted by Gasteiger charge is 2.33. The predicted molar refractivity (Wildman–Crippen MR) is 91.8 cm³/mol. The summed E-state index contributed by atoms with van der Waals surface area (Å²) < 4.78 is 0. The second-order valence-corrected chi connectivity index (χ2v) is 7.65. The fraction of sp³-hybridized carbons (Fsp3) is 0.684. The van der Waals surface area contributed by atoms with E-state index in [-0.39, 0.29) is 5.54 Å². The first-order valence-electron chi connectivity index (χ1n) is 8.43. The zero-order valence-corrected chi connectivity index (χ0v) is 14.4. The molecule has 2 unspecified atom stereocenters. The van der Waals surface area contributed by atoms with Gasteiger partial charge in [0.05, 0.1) is 0 Å². The molecule has 2 heteroatoms. The van der Waals surface area contributed by atoms with E-state index in [4.69, 9.17) is 0 Å². The Morgan fingerprint density at radius 2 is 1.86 bits per heavy atom. The zero-order chi connectivity index (χ0) is 15.5. The summed E-state index contributed by atoms with van der Waals surface area (Å²) in [7, 11) is 0. The van der Waals surface area contributed by atoms with Crippen LogP contribution < -0.4 is 5.32 Å². The molecule has 1 aromatic carbocycles. The van der Waals surface area contributed by atoms with Gasteiger partial charge in [0.15, 0.2) is 0 Å². The third-order valence-electron chi connectivity index (χ3n) is 4.84. The van der Waals surface area contributed by atoms with E-state index in [0.717, 1.165) is 13.1 Å². The highest BCUT2D eigenvalue weighted by molar-refractivity contribution is 5.18. The molecule has 1 heterocycles. The normalized spacial score (nSPS) is 24.2. The second-order valence-electron chi connectivity index (χ2n) is 7.65. The first-order chi connectivity index (χ1) is 9.89. The molecule has 21 heavy (non-hydrogen) atoms. The van der Waals surface area contributed by atoms with Crippen LogP contribution in [0.25, 0.3) is 0 Å². The van der Waals surface area contributed by atoms with Crippen LogP contribution in [0.4, 0.5) is 0 Å². The molecule has 1 saturated heterocycles. The summed E-state index contributed by atoms with van der Waals surface area (Å²) in [5.41, 5.74) is 1.70. The Morgan fingerprint density at radius 1 is 1.19 bits per heavy atom. The molecule has 0 aromatic heterocycles. The Balaban J connectivity index is 1.95. The van der Waals surface area contributed by atoms with Gasteiger partial charge in [-0.05, 0) is 44.2 Å². The SMILES string of the molecule is CC(CCN1CC(C)(C)NCC1C(C)C)c1ccccc1. The van der Waals surface area contributed by atoms with Gasteiger partial charge in [-0.15, -0.1) is 0 Å². The molecule has 0 saturated carbocycles. The third-order valence-corrected chi connectivity index (χ3v) is 4.84. The standard InChI is InChI=1S/C19H32N2/c1-15(2)18-13-20-19(4,5)14-21(18)12-11-16(3)17-9-7-6-8-10-17/h6-10,15-16,18,20H,11-14H2,1-5H3. The summed E-state index contributed by atoms with van der Waals surface area (Å²) in [4.78, 5) is 2.71. The molecule has 2 rings (SSSR count). The molecular weight excluding hydrogens is 256 g/mol. The molecule has 0 bridgehead atoms. The summed E-state index contributed by atoms with van der Waals surface area (Å²) in [5, 5.41) is 3.70. The van der Waals surface area contributed by atoms with Gasteiger partial charge in [-0.1, -0.05) is 51.1 Å². The highest BCUT2D eigenvalue weighted by atomic mass is 15.2. The van der Waals surface area contributed by atoms with Crippen LogP contribution in [0.2, 0.25) is 0 Å². The van der Waals surface area contributed by atoms with Gasteiger partial charge in [0.25, 0.3) is 0 Å². The number of rotatable bonds is 5. The van der Waals surface area contributed by atoms with Crippen molar-refractivity contribution < 1.29 is 0 Å². The van der Waals surface area contributed by atoms with Crippen molar-refractivity contribution in [3.63, 3.8) is 0 Å². The van der Waals surface area contributed by atoms with E-state index >= 15 is 0 Å². The van der Waals surface area contributed by atoms with Crippen LogP contribution in [0.15, 0.2) is 30.3 Å². The monoisotopic (exact) mass is 288 g/mol. The van der Waals surface area contributed by atoms with E-state index in [1.807, 2.05) is 0 Å². The summed E-state index contributed by atoms with van der Waals surface area (Å²) in [6, 6.07) is 11.6. The summed E-state index contributed by atoms with van der Waals surface area (Å²) in [5.74, 6) is 1.35. The fourth-order valence-corrected chi connectivity index (χ4v) is 3.40. The first kappa shape index (κ1) is 16.5. The van der Waals surface area contributed by atoms with Crippen LogP contribution in [-0.2, 0) is 0 Å². The molecule has 1 aliphatic heterocycles. The lowest BCUT2D eigenvalue weighted by molar-refractivity contribution is 0.0670. The molecule has 1 aromatic rings. The molecule has 0 spiro atoms. The Kier molecular flexibility index (Phi) is 5.45. The largest absolute Gasteiger partial charge is 0.309 e. The lowest BCUT2D eigenvalue weighted by Crippen LogP contribution is -2.63. The molecule has 1 N–H and O–H groups in total. The van der Waals surface area contributed by atoms with Crippen LogP contribution in [0.3, 0.4) is 0 Å². The molecule has 0 radical (unpaired) electrons. The van der Waals surface area contributed by atoms with Gasteiger partial charge in [0, 0.05) is 24.7 Å². The molecule has 1 fully saturated rings. The molecule has 1 aliphatic rings. The van der Waals surface area contributed by atoms with Gasteiger partial charge in [-0.2, -0.15) is 0 Å². The summed E-state index contributed by atoms with van der Waals surface area (Å²) >= 11 is 0. The Hall–Kier alpha value is -0.860. The first-order valence-corrected chi connectivity index (χ1v) is 8.43. The average molecular weight is 288 g/mol. The maximum Gasteiger partial charge on any atom is 0.0252 e. The van der Waals surface area contributed by atoms with Crippen molar-refractivity contribution in [3.8, 4) is 0 Å². The number of benzene rings is 1. The number of hydrogen-bond donors (Lipinski definition) is 1. The molecule has 0 aliphatic carbocycles. The number of nitrogens with zero attached hydrogens (tertiary/aromatic N) is 1. The second kappa shape index (κ2) is 6.93. The summed E-state index contributed by atoms with van der Waals surface area (Å²) in [6.45, 7) is 15.1. The van der Waals surface area contributed by atoms with Crippen molar-refractivity contribution in [1.82, 2.24) is 10.2 Å². The highest BCUT2D eigenvalue weighted by Crippen LogP contribution is 2.24. The van der Waals surface area contributed by atoms with Crippen molar-refractivity contribution in [3.05, 3.63) is 35.9 Å². The van der Waals surface area contributed by atoms with E-state index in [2.05, 4.69) is 75.2 Å². The Bertz CT molecular complexity index is 424. The summed E-state index contributed by atoms with van der Waals surface area (Å²) in [6.07, 6.45) is 1.24. The van der Waals surface area contributed by atoms with E-state index in [1.165, 1.54) is 18.5 Å². The van der Waals surface area contributed by atoms with Crippen LogP contribution in [-0.4, -0.2) is 36.1 Å². The number of nitrogens with one attached hydrogen (secondary N) is 1. The fourth-order valence-electron chi connectivity index (χ4n) is 3.40. The van der Waals surface area contributed by atoms with Crippen molar-refractivity contribution >= 4 is 0 Å². The molecular formula is C19H32N2. The van der Waals surface area contributed by atoms with Crippen LogP contribution in [0.1, 0.15) is 52.5 Å². The van der Waals surface area contributed by atoms with Crippen LogP contribution in [0, 0.1) is 5.92 Å². The quantitative estimate of drug-likeness (QED) is 0.884. The molecule has 0 amide bonds. The lowest BCUT2D eigenvalue weighted by Gasteiger charge is -2.46. The average Bonchev–Trinajstić information content (AvgIpc) is 2.44. The van der Waals surface area contributed by atoms with Crippen molar-refractivity contribution in [2.75, 3.05) is 19.6 Å². The number of hydrogen-bond acceptors (Lipinski definition) is 2. The van der Waals surface area contributed by atoms with Gasteiger partial charge in [0.1, 0.15) is 0 Å². The zero-order valence-electron chi connectivity index (χ0n) is 14.4. The van der Waals surface area contributed by atoms with E-state index in [9.17, 15) is 0 Å². The van der Waals surface area contributed by atoms with Gasteiger partial charge >= 0.3 is 0 Å². The van der Waals surface area contributed by atoms with Crippen molar-refractivity contribution in [2.45, 2.75) is 58.5 Å². The smallest absolute Gasteiger partial charge is 0.0252 e. The minimum atomic E-state index is 0.237. The Morgan fingerprint density at radius 3 is 2.48 bits per heavy atom. The van der Waals surface area contributed by atoms with E-state index in [1.54, 1.807) is 0 Å². The minimum Gasteiger partial charge on any atom is -0.309 e. The van der Waals surface area contributed by atoms with Gasteiger partial charge in [-0.3, -0.25) is 4.90 Å². The maximum absolute atomic E-state index is 3.70. The maximum atomic E-state index is 3.70. The van der Waals surface area contributed by atoms with Crippen LogP contribution in [0.5, 0.6) is 0 Å². The van der Waals surface area contributed by atoms with Gasteiger partial charge in [-0.25, -0.2) is 0 Å². The molecule has 118 valence electrons. The van der Waals surface area contributed by atoms with Gasteiger partial charge < -0.3 is 5.32 Å². The van der Waals surface area contributed by atoms with E-state index < -0.39 is 0 Å².